The lowest BCUT2D eigenvalue weighted by atomic mass is 9.92. The van der Waals surface area contributed by atoms with Crippen molar-refractivity contribution in [1.82, 2.24) is 0 Å². The number of Topliss-reactive ketones (excluding diaryl/α,β-unsaturated/α-hetero) is 1. The molecule has 1 aliphatic carbocycles. The molecule has 0 saturated carbocycles. The van der Waals surface area contributed by atoms with Crippen molar-refractivity contribution in [3.8, 4) is 0 Å². The lowest BCUT2D eigenvalue weighted by Crippen LogP contribution is -2.59. The largest absolute Gasteiger partial charge is 0.394 e. The number of fused-ring (bicyclic) bond motifs is 1. The predicted molar refractivity (Wildman–Crippen MR) is 96.5 cm³/mol. The van der Waals surface area contributed by atoms with Gasteiger partial charge in [0.05, 0.1) is 13.2 Å². The van der Waals surface area contributed by atoms with Crippen molar-refractivity contribution in [3.05, 3.63) is 33.9 Å². The average molecular weight is 380 g/mol. The van der Waals surface area contributed by atoms with Crippen LogP contribution in [0.1, 0.15) is 39.5 Å². The Bertz CT molecular complexity index is 715. The van der Waals surface area contributed by atoms with Crippen molar-refractivity contribution in [2.75, 3.05) is 13.2 Å². The van der Waals surface area contributed by atoms with E-state index in [-0.39, 0.29) is 18.3 Å². The molecule has 3 rings (SSSR count). The number of benzene rings is 1. The lowest BCUT2D eigenvalue weighted by molar-refractivity contribution is -0.300. The second kappa shape index (κ2) is 7.95. The zero-order valence-electron chi connectivity index (χ0n) is 15.9. The Labute approximate surface area is 158 Å². The SMILES string of the molecule is Cc1cc2c(c(C)c1CCO[C@@H]1O[C@H](CO)[C@@H](O)[C@@H](O)[C@H]1O)C(=O)C(C)C2. The van der Waals surface area contributed by atoms with E-state index in [4.69, 9.17) is 9.47 Å². The third-order valence-corrected chi connectivity index (χ3v) is 5.72. The molecule has 0 radical (unpaired) electrons. The number of rotatable bonds is 5. The van der Waals surface area contributed by atoms with Gasteiger partial charge in [-0.15, -0.1) is 0 Å². The third kappa shape index (κ3) is 3.68. The Morgan fingerprint density at radius 3 is 2.56 bits per heavy atom. The molecule has 0 spiro atoms. The maximum Gasteiger partial charge on any atom is 0.186 e. The Hall–Kier alpha value is -1.35. The number of aliphatic hydroxyl groups is 4. The molecule has 1 aromatic rings. The third-order valence-electron chi connectivity index (χ3n) is 5.72. The number of carbonyl (C=O) groups is 1. The van der Waals surface area contributed by atoms with Gasteiger partial charge in [0.1, 0.15) is 24.4 Å². The molecule has 0 aromatic heterocycles. The number of ether oxygens (including phenoxy) is 2. The molecule has 1 heterocycles. The average Bonchev–Trinajstić information content (AvgIpc) is 2.91. The predicted octanol–water partition coefficient (Wildman–Crippen LogP) is 0.0373. The van der Waals surface area contributed by atoms with E-state index in [0.717, 1.165) is 34.2 Å². The number of hydrogen-bond donors (Lipinski definition) is 4. The molecular weight excluding hydrogens is 352 g/mol. The number of aryl methyl sites for hydroxylation is 1. The van der Waals surface area contributed by atoms with Gasteiger partial charge in [0.15, 0.2) is 12.1 Å². The fourth-order valence-electron chi connectivity index (χ4n) is 4.15. The van der Waals surface area contributed by atoms with Crippen molar-refractivity contribution >= 4 is 5.78 Å². The fourth-order valence-corrected chi connectivity index (χ4v) is 4.15. The summed E-state index contributed by atoms with van der Waals surface area (Å²) in [5.41, 5.74) is 5.00. The van der Waals surface area contributed by atoms with Crippen molar-refractivity contribution in [2.45, 2.75) is 64.3 Å². The standard InChI is InChI=1S/C20H28O7/c1-9-6-12-7-10(2)16(22)15(12)11(3)13(9)4-5-26-20-19(25)18(24)17(23)14(8-21)27-20/h6,10,14,17-21,23-25H,4-5,7-8H2,1-3H3/t10?,14-,17-,18-,19-,20-/m1/s1. The van der Waals surface area contributed by atoms with Gasteiger partial charge in [-0.25, -0.2) is 0 Å². The summed E-state index contributed by atoms with van der Waals surface area (Å²) in [6, 6.07) is 2.06. The van der Waals surface area contributed by atoms with Crippen LogP contribution in [0.4, 0.5) is 0 Å². The number of carbonyl (C=O) groups excluding carboxylic acids is 1. The normalized spacial score (nSPS) is 33.4. The van der Waals surface area contributed by atoms with Gasteiger partial charge in [-0.3, -0.25) is 4.79 Å². The summed E-state index contributed by atoms with van der Waals surface area (Å²) in [7, 11) is 0. The van der Waals surface area contributed by atoms with E-state index in [0.29, 0.717) is 6.42 Å². The summed E-state index contributed by atoms with van der Waals surface area (Å²) in [6.45, 7) is 5.61. The minimum absolute atomic E-state index is 0.0127. The number of ketones is 1. The van der Waals surface area contributed by atoms with Crippen LogP contribution in [0, 0.1) is 19.8 Å². The van der Waals surface area contributed by atoms with Crippen LogP contribution in [0.3, 0.4) is 0 Å². The Morgan fingerprint density at radius 1 is 1.19 bits per heavy atom. The monoisotopic (exact) mass is 380 g/mol. The first-order chi connectivity index (χ1) is 12.8. The summed E-state index contributed by atoms with van der Waals surface area (Å²) in [5.74, 6) is 0.192. The van der Waals surface area contributed by atoms with Gasteiger partial charge in [-0.1, -0.05) is 13.0 Å². The van der Waals surface area contributed by atoms with Crippen LogP contribution in [0.25, 0.3) is 0 Å². The molecule has 1 saturated heterocycles. The topological polar surface area (TPSA) is 116 Å². The van der Waals surface area contributed by atoms with Crippen LogP contribution >= 0.6 is 0 Å². The van der Waals surface area contributed by atoms with Crippen molar-refractivity contribution in [2.24, 2.45) is 5.92 Å². The molecule has 1 aliphatic heterocycles. The van der Waals surface area contributed by atoms with E-state index < -0.39 is 37.3 Å². The van der Waals surface area contributed by atoms with Crippen molar-refractivity contribution in [1.29, 1.82) is 0 Å². The first-order valence-electron chi connectivity index (χ1n) is 9.34. The van der Waals surface area contributed by atoms with Gasteiger partial charge in [0.25, 0.3) is 0 Å². The van der Waals surface area contributed by atoms with Crippen LogP contribution in [0.5, 0.6) is 0 Å². The van der Waals surface area contributed by atoms with Crippen LogP contribution in [-0.2, 0) is 22.3 Å². The first-order valence-corrected chi connectivity index (χ1v) is 9.34. The van der Waals surface area contributed by atoms with Gasteiger partial charge >= 0.3 is 0 Å². The van der Waals surface area contributed by atoms with E-state index in [2.05, 4.69) is 6.07 Å². The highest BCUT2D eigenvalue weighted by atomic mass is 16.7. The van der Waals surface area contributed by atoms with Gasteiger partial charge in [0.2, 0.25) is 0 Å². The molecule has 0 amide bonds. The quantitative estimate of drug-likeness (QED) is 0.570. The van der Waals surface area contributed by atoms with E-state index in [9.17, 15) is 25.2 Å². The highest BCUT2D eigenvalue weighted by Gasteiger charge is 2.44. The Balaban J connectivity index is 1.69. The molecule has 7 nitrogen and oxygen atoms in total. The molecule has 2 aliphatic rings. The highest BCUT2D eigenvalue weighted by Crippen LogP contribution is 2.33. The summed E-state index contributed by atoms with van der Waals surface area (Å²) >= 11 is 0. The van der Waals surface area contributed by atoms with E-state index in [1.165, 1.54) is 0 Å². The molecule has 1 aromatic carbocycles. The molecule has 27 heavy (non-hydrogen) atoms. The molecule has 0 bridgehead atoms. The second-order valence-electron chi connectivity index (χ2n) is 7.62. The van der Waals surface area contributed by atoms with Gasteiger partial charge < -0.3 is 29.9 Å². The minimum atomic E-state index is -1.46. The van der Waals surface area contributed by atoms with Crippen molar-refractivity contribution < 1.29 is 34.7 Å². The summed E-state index contributed by atoms with van der Waals surface area (Å²) in [5, 5.41) is 38.9. The Kier molecular flexibility index (Phi) is 6.00. The first kappa shape index (κ1) is 20.4. The zero-order valence-corrected chi connectivity index (χ0v) is 15.9. The molecular formula is C20H28O7. The van der Waals surface area contributed by atoms with Crippen LogP contribution in [0.15, 0.2) is 6.07 Å². The molecule has 150 valence electrons. The molecule has 6 atom stereocenters. The van der Waals surface area contributed by atoms with E-state index >= 15 is 0 Å². The fraction of sp³-hybridized carbons (Fsp3) is 0.650. The molecule has 4 N–H and O–H groups in total. The minimum Gasteiger partial charge on any atom is -0.394 e. The van der Waals surface area contributed by atoms with Gasteiger partial charge in [-0.05, 0) is 48.9 Å². The maximum absolute atomic E-state index is 12.4. The zero-order chi connectivity index (χ0) is 19.9. The molecule has 1 fully saturated rings. The summed E-state index contributed by atoms with van der Waals surface area (Å²) in [6.07, 6.45) is -5.11. The molecule has 1 unspecified atom stereocenters. The van der Waals surface area contributed by atoms with Gasteiger partial charge in [0, 0.05) is 11.5 Å². The van der Waals surface area contributed by atoms with Crippen LogP contribution in [0.2, 0.25) is 0 Å². The number of aliphatic hydroxyl groups excluding tert-OH is 4. The van der Waals surface area contributed by atoms with Crippen LogP contribution in [-0.4, -0.2) is 70.1 Å². The molecule has 7 heteroatoms. The lowest BCUT2D eigenvalue weighted by Gasteiger charge is -2.39. The highest BCUT2D eigenvalue weighted by molar-refractivity contribution is 6.03. The maximum atomic E-state index is 12.4. The van der Waals surface area contributed by atoms with Crippen molar-refractivity contribution in [3.63, 3.8) is 0 Å². The smallest absolute Gasteiger partial charge is 0.186 e. The van der Waals surface area contributed by atoms with E-state index in [1.807, 2.05) is 20.8 Å². The summed E-state index contributed by atoms with van der Waals surface area (Å²) in [4.78, 5) is 12.4. The number of hydrogen-bond acceptors (Lipinski definition) is 7. The summed E-state index contributed by atoms with van der Waals surface area (Å²) < 4.78 is 10.9. The van der Waals surface area contributed by atoms with Crippen LogP contribution < -0.4 is 0 Å². The van der Waals surface area contributed by atoms with E-state index in [1.54, 1.807) is 0 Å². The Morgan fingerprint density at radius 2 is 1.89 bits per heavy atom. The van der Waals surface area contributed by atoms with Gasteiger partial charge in [-0.2, -0.15) is 0 Å². The second-order valence-corrected chi connectivity index (χ2v) is 7.62.